The first-order valence-electron chi connectivity index (χ1n) is 11.5. The van der Waals surface area contributed by atoms with E-state index >= 15 is 0 Å². The number of hydrogen-bond acceptors (Lipinski definition) is 4. The Kier molecular flexibility index (Phi) is 6.86. The molecule has 1 aromatic rings. The van der Waals surface area contributed by atoms with Crippen LogP contribution in [0.1, 0.15) is 64.0 Å². The van der Waals surface area contributed by atoms with Crippen LogP contribution in [0, 0.1) is 18.3 Å². The quantitative estimate of drug-likeness (QED) is 0.649. The van der Waals surface area contributed by atoms with Crippen molar-refractivity contribution >= 4 is 17.8 Å². The van der Waals surface area contributed by atoms with Crippen molar-refractivity contribution in [1.29, 1.82) is 0 Å². The summed E-state index contributed by atoms with van der Waals surface area (Å²) in [6, 6.07) is 5.34. The van der Waals surface area contributed by atoms with Gasteiger partial charge in [-0.05, 0) is 50.0 Å². The minimum atomic E-state index is -0.851. The molecule has 0 atom stereocenters. The van der Waals surface area contributed by atoms with Crippen molar-refractivity contribution in [2.45, 2.75) is 71.9 Å². The number of carbonyl (C=O) groups is 3. The molecule has 1 aromatic carbocycles. The first kappa shape index (κ1) is 24.1. The van der Waals surface area contributed by atoms with Gasteiger partial charge < -0.3 is 15.0 Å². The lowest BCUT2D eigenvalue weighted by Gasteiger charge is -2.42. The summed E-state index contributed by atoms with van der Waals surface area (Å²) in [7, 11) is 3.27. The normalized spacial score (nSPS) is 23.4. The van der Waals surface area contributed by atoms with Gasteiger partial charge >= 0.3 is 6.03 Å². The highest BCUT2D eigenvalue weighted by Gasteiger charge is 2.53. The van der Waals surface area contributed by atoms with Crippen molar-refractivity contribution in [3.63, 3.8) is 0 Å². The van der Waals surface area contributed by atoms with Crippen LogP contribution in [0.3, 0.4) is 0 Å². The first-order chi connectivity index (χ1) is 15.0. The van der Waals surface area contributed by atoms with Gasteiger partial charge in [-0.15, -0.1) is 0 Å². The van der Waals surface area contributed by atoms with E-state index in [4.69, 9.17) is 4.74 Å². The molecule has 32 heavy (non-hydrogen) atoms. The molecule has 3 rings (SSSR count). The molecular weight excluding hydrogens is 406 g/mol. The van der Waals surface area contributed by atoms with Crippen LogP contribution in [0.4, 0.5) is 4.79 Å². The van der Waals surface area contributed by atoms with Crippen molar-refractivity contribution in [3.8, 4) is 5.75 Å². The van der Waals surface area contributed by atoms with Crippen molar-refractivity contribution < 1.29 is 19.1 Å². The number of hydrogen-bond donors (Lipinski definition) is 1. The second-order valence-corrected chi connectivity index (χ2v) is 10.1. The predicted molar refractivity (Wildman–Crippen MR) is 123 cm³/mol. The van der Waals surface area contributed by atoms with Crippen LogP contribution >= 0.6 is 0 Å². The first-order valence-corrected chi connectivity index (χ1v) is 11.5. The standard InChI is InChI=1S/C25H37N3O4/c1-7-24(3,4)19-10-12-25(13-11-19)22(30)28(23(31)26-25)16-21(29)27(5)15-18-14-17(2)8-9-20(18)32-6/h8-9,14,19H,7,10-13,15-16H2,1-6H3,(H,26,31). The lowest BCUT2D eigenvalue weighted by atomic mass is 9.65. The molecule has 0 unspecified atom stereocenters. The molecule has 1 saturated heterocycles. The van der Waals surface area contributed by atoms with Crippen molar-refractivity contribution in [2.24, 2.45) is 11.3 Å². The molecule has 0 radical (unpaired) electrons. The number of methoxy groups -OCH3 is 1. The molecule has 2 fully saturated rings. The van der Waals surface area contributed by atoms with E-state index in [2.05, 4.69) is 26.1 Å². The fourth-order valence-corrected chi connectivity index (χ4v) is 4.97. The van der Waals surface area contributed by atoms with Gasteiger partial charge in [0.2, 0.25) is 5.91 Å². The van der Waals surface area contributed by atoms with Gasteiger partial charge in [0.1, 0.15) is 17.8 Å². The summed E-state index contributed by atoms with van der Waals surface area (Å²) < 4.78 is 5.40. The molecule has 1 N–H and O–H groups in total. The second-order valence-electron chi connectivity index (χ2n) is 10.1. The number of aryl methyl sites for hydroxylation is 1. The fourth-order valence-electron chi connectivity index (χ4n) is 4.97. The molecule has 1 spiro atoms. The number of ether oxygens (including phenoxy) is 1. The molecule has 1 heterocycles. The molecule has 176 valence electrons. The summed E-state index contributed by atoms with van der Waals surface area (Å²) in [5, 5.41) is 2.93. The summed E-state index contributed by atoms with van der Waals surface area (Å²) in [4.78, 5) is 41.4. The van der Waals surface area contributed by atoms with E-state index in [-0.39, 0.29) is 23.8 Å². The highest BCUT2D eigenvalue weighted by atomic mass is 16.5. The summed E-state index contributed by atoms with van der Waals surface area (Å²) in [6.07, 6.45) is 4.16. The van der Waals surface area contributed by atoms with Gasteiger partial charge in [-0.2, -0.15) is 0 Å². The molecule has 1 aliphatic carbocycles. The second kappa shape index (κ2) is 9.12. The van der Waals surface area contributed by atoms with Gasteiger partial charge in [0.25, 0.3) is 5.91 Å². The fraction of sp³-hybridized carbons (Fsp3) is 0.640. The Labute approximate surface area is 191 Å². The average Bonchev–Trinajstić information content (AvgIpc) is 2.98. The number of amides is 4. The number of imide groups is 1. The van der Waals surface area contributed by atoms with E-state index in [0.717, 1.165) is 35.3 Å². The Morgan fingerprint density at radius 2 is 1.94 bits per heavy atom. The maximum Gasteiger partial charge on any atom is 0.325 e. The SMILES string of the molecule is CCC(C)(C)C1CCC2(CC1)NC(=O)N(CC(=O)N(C)Cc1cc(C)ccc1OC)C2=O. The molecule has 1 aliphatic heterocycles. The van der Waals surface area contributed by atoms with Gasteiger partial charge in [0.05, 0.1) is 7.11 Å². The Hall–Kier alpha value is -2.57. The van der Waals surface area contributed by atoms with Crippen LogP contribution in [-0.2, 0) is 16.1 Å². The van der Waals surface area contributed by atoms with E-state index < -0.39 is 11.6 Å². The Bertz CT molecular complexity index is 887. The van der Waals surface area contributed by atoms with E-state index in [0.29, 0.717) is 31.1 Å². The number of likely N-dealkylation sites (N-methyl/N-ethyl adjacent to an activating group) is 1. The number of urea groups is 1. The predicted octanol–water partition coefficient (Wildman–Crippen LogP) is 3.88. The van der Waals surface area contributed by atoms with Crippen LogP contribution < -0.4 is 10.1 Å². The van der Waals surface area contributed by atoms with Crippen molar-refractivity contribution in [1.82, 2.24) is 15.1 Å². The Morgan fingerprint density at radius 1 is 1.28 bits per heavy atom. The molecule has 0 bridgehead atoms. The molecular formula is C25H37N3O4. The molecule has 1 saturated carbocycles. The van der Waals surface area contributed by atoms with Crippen LogP contribution in [0.15, 0.2) is 18.2 Å². The Balaban J connectivity index is 1.64. The molecule has 0 aromatic heterocycles. The zero-order chi connectivity index (χ0) is 23.7. The van der Waals surface area contributed by atoms with Crippen LogP contribution in [-0.4, -0.2) is 53.9 Å². The van der Waals surface area contributed by atoms with Crippen LogP contribution in [0.5, 0.6) is 5.75 Å². The van der Waals surface area contributed by atoms with E-state index in [1.54, 1.807) is 14.2 Å². The number of benzene rings is 1. The third-order valence-electron chi connectivity index (χ3n) is 7.66. The van der Waals surface area contributed by atoms with Crippen molar-refractivity contribution in [3.05, 3.63) is 29.3 Å². The zero-order valence-electron chi connectivity index (χ0n) is 20.3. The number of nitrogens with zero attached hydrogens (tertiary/aromatic N) is 2. The topological polar surface area (TPSA) is 79.0 Å². The summed E-state index contributed by atoms with van der Waals surface area (Å²) in [5.74, 6) is 0.699. The number of rotatable bonds is 7. The summed E-state index contributed by atoms with van der Waals surface area (Å²) in [6.45, 7) is 8.81. The van der Waals surface area contributed by atoms with Gasteiger partial charge in [-0.25, -0.2) is 4.79 Å². The van der Waals surface area contributed by atoms with E-state index in [1.165, 1.54) is 4.90 Å². The third kappa shape index (κ3) is 4.62. The lowest BCUT2D eigenvalue weighted by molar-refractivity contribution is -0.139. The zero-order valence-corrected chi connectivity index (χ0v) is 20.3. The van der Waals surface area contributed by atoms with E-state index in [9.17, 15) is 14.4 Å². The number of carbonyl (C=O) groups excluding carboxylic acids is 3. The maximum atomic E-state index is 13.2. The van der Waals surface area contributed by atoms with Gasteiger partial charge in [0, 0.05) is 19.2 Å². The lowest BCUT2D eigenvalue weighted by Crippen LogP contribution is -2.51. The number of nitrogens with one attached hydrogen (secondary N) is 1. The highest BCUT2D eigenvalue weighted by Crippen LogP contribution is 2.45. The molecule has 4 amide bonds. The van der Waals surface area contributed by atoms with Crippen LogP contribution in [0.2, 0.25) is 0 Å². The van der Waals surface area contributed by atoms with Gasteiger partial charge in [-0.1, -0.05) is 44.9 Å². The third-order valence-corrected chi connectivity index (χ3v) is 7.66. The molecule has 2 aliphatic rings. The van der Waals surface area contributed by atoms with Crippen LogP contribution in [0.25, 0.3) is 0 Å². The molecule has 7 heteroatoms. The van der Waals surface area contributed by atoms with E-state index in [1.807, 2.05) is 25.1 Å². The highest BCUT2D eigenvalue weighted by molar-refractivity contribution is 6.09. The largest absolute Gasteiger partial charge is 0.496 e. The average molecular weight is 444 g/mol. The maximum absolute atomic E-state index is 13.2. The Morgan fingerprint density at radius 3 is 2.53 bits per heavy atom. The van der Waals surface area contributed by atoms with Gasteiger partial charge in [0.15, 0.2) is 0 Å². The van der Waals surface area contributed by atoms with Gasteiger partial charge in [-0.3, -0.25) is 14.5 Å². The summed E-state index contributed by atoms with van der Waals surface area (Å²) >= 11 is 0. The minimum Gasteiger partial charge on any atom is -0.496 e. The smallest absolute Gasteiger partial charge is 0.325 e. The molecule has 7 nitrogen and oxygen atoms in total. The monoisotopic (exact) mass is 443 g/mol. The van der Waals surface area contributed by atoms with Crippen molar-refractivity contribution in [2.75, 3.05) is 20.7 Å². The minimum absolute atomic E-state index is 0.225. The summed E-state index contributed by atoms with van der Waals surface area (Å²) in [5.41, 5.74) is 1.33.